The minimum atomic E-state index is 0.920. The Kier molecular flexibility index (Phi) is 1.97. The van der Waals surface area contributed by atoms with Crippen LogP contribution in [0.5, 0.6) is 0 Å². The van der Waals surface area contributed by atoms with Crippen LogP contribution in [0.15, 0.2) is 27.6 Å². The average molecular weight is 188 g/mol. The third kappa shape index (κ3) is 1.26. The number of benzene rings is 1. The zero-order chi connectivity index (χ0) is 5.98. The van der Waals surface area contributed by atoms with Gasteiger partial charge in [-0.3, -0.25) is 0 Å². The smallest absolute Gasteiger partial charge is 0.0387 e. The maximum atomic E-state index is 4.12. The van der Waals surface area contributed by atoms with E-state index < -0.39 is 0 Å². The van der Waals surface area contributed by atoms with Gasteiger partial charge in [0.25, 0.3) is 0 Å². The highest BCUT2D eigenvalue weighted by atomic mass is 79.9. The van der Waals surface area contributed by atoms with E-state index in [1.54, 1.807) is 0 Å². The van der Waals surface area contributed by atoms with Crippen molar-refractivity contribution in [3.8, 4) is 0 Å². The predicted octanol–water partition coefficient (Wildman–Crippen LogP) is 2.54. The summed E-state index contributed by atoms with van der Waals surface area (Å²) < 4.78 is 0.920. The van der Waals surface area contributed by atoms with Crippen molar-refractivity contribution >= 4 is 28.6 Å². The maximum absolute atomic E-state index is 4.12. The molecule has 2 heteroatoms. The Hall–Kier alpha value is 0.0500. The lowest BCUT2D eigenvalue weighted by Crippen LogP contribution is -1.65. The molecule has 0 aliphatic rings. The molecular weight excluding hydrogens is 184 g/mol. The van der Waals surface area contributed by atoms with Crippen molar-refractivity contribution in [2.75, 3.05) is 0 Å². The van der Waals surface area contributed by atoms with E-state index >= 15 is 0 Å². The lowest BCUT2D eigenvalue weighted by molar-refractivity contribution is 1.41. The van der Waals surface area contributed by atoms with Crippen molar-refractivity contribution in [1.82, 2.24) is 0 Å². The molecule has 0 atom stereocenters. The third-order valence-electron chi connectivity index (χ3n) is 0.785. The van der Waals surface area contributed by atoms with Gasteiger partial charge in [-0.15, -0.1) is 12.6 Å². The second kappa shape index (κ2) is 2.55. The first-order chi connectivity index (χ1) is 3.80. The highest BCUT2D eigenvalue weighted by molar-refractivity contribution is 9.10. The zero-order valence-corrected chi connectivity index (χ0v) is 6.54. The molecule has 0 aliphatic carbocycles. The summed E-state index contributed by atoms with van der Waals surface area (Å²) in [5.74, 6) is 0. The summed E-state index contributed by atoms with van der Waals surface area (Å²) in [6.45, 7) is 0. The van der Waals surface area contributed by atoms with Crippen LogP contribution in [0.3, 0.4) is 0 Å². The lowest BCUT2D eigenvalue weighted by atomic mass is 10.4. The van der Waals surface area contributed by atoms with Gasteiger partial charge >= 0.3 is 0 Å². The molecule has 0 aromatic heterocycles. The van der Waals surface area contributed by atoms with E-state index in [1.165, 1.54) is 0 Å². The fourth-order valence-electron chi connectivity index (χ4n) is 0.408. The van der Waals surface area contributed by atoms with Gasteiger partial charge in [-0.2, -0.15) is 0 Å². The molecule has 1 aromatic carbocycles. The van der Waals surface area contributed by atoms with Gasteiger partial charge in [-0.05, 0) is 28.1 Å². The molecule has 0 aliphatic heterocycles. The van der Waals surface area contributed by atoms with Crippen LogP contribution in [0.2, 0.25) is 0 Å². The average Bonchev–Trinajstić information content (AvgIpc) is 1.77. The van der Waals surface area contributed by atoms with Gasteiger partial charge in [0.15, 0.2) is 0 Å². The molecule has 0 heterocycles. The second-order valence-electron chi connectivity index (χ2n) is 1.37. The maximum Gasteiger partial charge on any atom is 0.0387 e. The Bertz CT molecular complexity index is 165. The first-order valence-electron chi connectivity index (χ1n) is 2.16. The molecule has 0 spiro atoms. The van der Waals surface area contributed by atoms with Crippen LogP contribution in [-0.4, -0.2) is 0 Å². The molecule has 1 aromatic rings. The summed E-state index contributed by atoms with van der Waals surface area (Å²) >= 11 is 7.38. The van der Waals surface area contributed by atoms with E-state index in [4.69, 9.17) is 0 Å². The van der Waals surface area contributed by atoms with Crippen molar-refractivity contribution < 1.29 is 0 Å². The molecule has 0 unspecified atom stereocenters. The molecule has 8 heavy (non-hydrogen) atoms. The SMILES string of the molecule is Sc1ccc[c]c1Br. The Labute approximate surface area is 62.5 Å². The van der Waals surface area contributed by atoms with Crippen LogP contribution >= 0.6 is 28.6 Å². The molecule has 0 saturated heterocycles. The summed E-state index contributed by atoms with van der Waals surface area (Å²) in [5, 5.41) is 0. The molecule has 0 bridgehead atoms. The number of rotatable bonds is 0. The second-order valence-corrected chi connectivity index (χ2v) is 2.64. The van der Waals surface area contributed by atoms with Gasteiger partial charge in [0, 0.05) is 9.37 Å². The highest BCUT2D eigenvalue weighted by Gasteiger charge is 1.87. The van der Waals surface area contributed by atoms with Crippen LogP contribution in [0.4, 0.5) is 0 Å². The summed E-state index contributed by atoms with van der Waals surface area (Å²) in [7, 11) is 0. The van der Waals surface area contributed by atoms with E-state index in [0.29, 0.717) is 0 Å². The van der Waals surface area contributed by atoms with Crippen molar-refractivity contribution in [1.29, 1.82) is 0 Å². The van der Waals surface area contributed by atoms with Crippen LogP contribution in [0.25, 0.3) is 0 Å². The van der Waals surface area contributed by atoms with Crippen molar-refractivity contribution in [2.45, 2.75) is 4.90 Å². The van der Waals surface area contributed by atoms with E-state index in [9.17, 15) is 0 Å². The van der Waals surface area contributed by atoms with E-state index in [1.807, 2.05) is 18.2 Å². The van der Waals surface area contributed by atoms with E-state index in [-0.39, 0.29) is 0 Å². The molecule has 0 amide bonds. The Morgan fingerprint density at radius 2 is 2.38 bits per heavy atom. The minimum absolute atomic E-state index is 0.920. The topological polar surface area (TPSA) is 0 Å². The number of thiol groups is 1. The minimum Gasteiger partial charge on any atom is -0.142 e. The van der Waals surface area contributed by atoms with Crippen molar-refractivity contribution in [3.05, 3.63) is 28.7 Å². The number of halogens is 1. The zero-order valence-electron chi connectivity index (χ0n) is 4.06. The quantitative estimate of drug-likeness (QED) is 0.594. The van der Waals surface area contributed by atoms with Crippen LogP contribution in [-0.2, 0) is 0 Å². The van der Waals surface area contributed by atoms with Gasteiger partial charge < -0.3 is 0 Å². The Morgan fingerprint density at radius 3 is 2.75 bits per heavy atom. The lowest BCUT2D eigenvalue weighted by Gasteiger charge is -1.89. The molecular formula is C6H4BrS. The first-order valence-corrected chi connectivity index (χ1v) is 3.40. The molecule has 41 valence electrons. The Morgan fingerprint density at radius 1 is 1.62 bits per heavy atom. The Balaban J connectivity index is 3.13. The standard InChI is InChI=1S/C6H4BrS/c7-5-3-1-2-4-6(5)8/h1-2,4,8H. The summed E-state index contributed by atoms with van der Waals surface area (Å²) in [5.41, 5.74) is 0. The number of hydrogen-bond donors (Lipinski definition) is 1. The fraction of sp³-hybridized carbons (Fsp3) is 0. The summed E-state index contributed by atoms with van der Waals surface area (Å²) in [6, 6.07) is 8.58. The van der Waals surface area contributed by atoms with Crippen LogP contribution in [0, 0.1) is 6.07 Å². The van der Waals surface area contributed by atoms with Gasteiger partial charge in [-0.25, -0.2) is 0 Å². The molecule has 0 saturated carbocycles. The normalized spacial score (nSPS) is 9.25. The van der Waals surface area contributed by atoms with Gasteiger partial charge in [0.05, 0.1) is 0 Å². The molecule has 1 radical (unpaired) electrons. The van der Waals surface area contributed by atoms with Crippen LogP contribution < -0.4 is 0 Å². The first kappa shape index (κ1) is 6.17. The number of hydrogen-bond acceptors (Lipinski definition) is 1. The third-order valence-corrected chi connectivity index (χ3v) is 2.12. The summed E-state index contributed by atoms with van der Waals surface area (Å²) in [4.78, 5) is 0.924. The van der Waals surface area contributed by atoms with Crippen molar-refractivity contribution in [2.24, 2.45) is 0 Å². The monoisotopic (exact) mass is 187 g/mol. The molecule has 0 N–H and O–H groups in total. The molecule has 0 nitrogen and oxygen atoms in total. The highest BCUT2D eigenvalue weighted by Crippen LogP contribution is 2.17. The predicted molar refractivity (Wildman–Crippen MR) is 40.2 cm³/mol. The van der Waals surface area contributed by atoms with Gasteiger partial charge in [-0.1, -0.05) is 12.1 Å². The van der Waals surface area contributed by atoms with E-state index in [0.717, 1.165) is 9.37 Å². The van der Waals surface area contributed by atoms with Gasteiger partial charge in [0.1, 0.15) is 0 Å². The summed E-state index contributed by atoms with van der Waals surface area (Å²) in [6.07, 6.45) is 0. The van der Waals surface area contributed by atoms with Crippen LogP contribution in [0.1, 0.15) is 0 Å². The largest absolute Gasteiger partial charge is 0.142 e. The van der Waals surface area contributed by atoms with Gasteiger partial charge in [0.2, 0.25) is 0 Å². The van der Waals surface area contributed by atoms with Crippen molar-refractivity contribution in [3.63, 3.8) is 0 Å². The fourth-order valence-corrected chi connectivity index (χ4v) is 0.823. The molecule has 0 fully saturated rings. The molecule has 1 rings (SSSR count). The van der Waals surface area contributed by atoms with E-state index in [2.05, 4.69) is 34.6 Å².